The number of hydrogen-bond donors (Lipinski definition) is 0. The van der Waals surface area contributed by atoms with Crippen molar-refractivity contribution in [3.63, 3.8) is 0 Å². The molecule has 33 heavy (non-hydrogen) atoms. The van der Waals surface area contributed by atoms with Crippen LogP contribution in [0.3, 0.4) is 0 Å². The molecule has 5 nitrogen and oxygen atoms in total. The van der Waals surface area contributed by atoms with Crippen LogP contribution in [0.5, 0.6) is 0 Å². The van der Waals surface area contributed by atoms with E-state index < -0.39 is 32.6 Å². The van der Waals surface area contributed by atoms with Crippen LogP contribution in [0.15, 0.2) is 71.6 Å². The first-order valence-electron chi connectivity index (χ1n) is 10.1. The van der Waals surface area contributed by atoms with Gasteiger partial charge in [-0.2, -0.15) is 0 Å². The van der Waals surface area contributed by atoms with E-state index in [1.54, 1.807) is 13.8 Å². The van der Waals surface area contributed by atoms with E-state index in [4.69, 9.17) is 0 Å². The summed E-state index contributed by atoms with van der Waals surface area (Å²) in [5.41, 5.74) is 1.05. The Balaban J connectivity index is 1.75. The molecule has 1 heterocycles. The van der Waals surface area contributed by atoms with E-state index in [9.17, 15) is 22.0 Å². The van der Waals surface area contributed by atoms with Gasteiger partial charge in [-0.1, -0.05) is 41.7 Å². The minimum absolute atomic E-state index is 0.0133. The lowest BCUT2D eigenvalue weighted by Crippen LogP contribution is -2.30. The van der Waals surface area contributed by atoms with Gasteiger partial charge in [0.25, 0.3) is 5.91 Å². The zero-order valence-corrected chi connectivity index (χ0v) is 19.5. The number of sulfone groups is 1. The summed E-state index contributed by atoms with van der Waals surface area (Å²) in [5.74, 6) is -1.96. The SMILES string of the molecule is CC(C)S(=O)(=O)c1ccc(C(=O)N(Cc2ccccc2)c2nc3c(F)cc(F)cc3s2)cc1. The Hall–Kier alpha value is -3.17. The number of aromatic nitrogens is 1. The molecule has 3 aromatic carbocycles. The third-order valence-corrected chi connectivity index (χ3v) is 8.31. The zero-order chi connectivity index (χ0) is 23.8. The van der Waals surface area contributed by atoms with Crippen molar-refractivity contribution in [3.05, 3.63) is 89.5 Å². The lowest BCUT2D eigenvalue weighted by atomic mass is 10.1. The fraction of sp³-hybridized carbons (Fsp3) is 0.167. The molecule has 0 spiro atoms. The number of benzene rings is 3. The van der Waals surface area contributed by atoms with Gasteiger partial charge in [0.1, 0.15) is 11.3 Å². The second-order valence-corrected chi connectivity index (χ2v) is 11.2. The Kier molecular flexibility index (Phi) is 6.27. The molecule has 9 heteroatoms. The number of fused-ring (bicyclic) bond motifs is 1. The Labute approximate surface area is 194 Å². The van der Waals surface area contributed by atoms with Crippen LogP contribution in [-0.2, 0) is 16.4 Å². The van der Waals surface area contributed by atoms with Gasteiger partial charge in [-0.15, -0.1) is 0 Å². The number of amides is 1. The van der Waals surface area contributed by atoms with Crippen LogP contribution in [0.1, 0.15) is 29.8 Å². The molecule has 0 atom stereocenters. The van der Waals surface area contributed by atoms with Gasteiger partial charge < -0.3 is 0 Å². The Morgan fingerprint density at radius 1 is 1.03 bits per heavy atom. The molecule has 0 bridgehead atoms. The first-order chi connectivity index (χ1) is 15.7. The van der Waals surface area contributed by atoms with Crippen LogP contribution >= 0.6 is 11.3 Å². The maximum Gasteiger partial charge on any atom is 0.260 e. The molecule has 0 fully saturated rings. The molecule has 0 unspecified atom stereocenters. The highest BCUT2D eigenvalue weighted by Gasteiger charge is 2.24. The minimum Gasteiger partial charge on any atom is -0.279 e. The standard InChI is InChI=1S/C24H20F2N2O3S2/c1-15(2)33(30,31)19-10-8-17(9-11-19)23(29)28(14-16-6-4-3-5-7-16)24-27-22-20(26)12-18(25)13-21(22)32-24/h3-13,15H,14H2,1-2H3. The van der Waals surface area contributed by atoms with Crippen molar-refractivity contribution in [2.45, 2.75) is 30.5 Å². The molecule has 170 valence electrons. The number of nitrogens with zero attached hydrogens (tertiary/aromatic N) is 2. The van der Waals surface area contributed by atoms with Gasteiger partial charge in [0, 0.05) is 11.6 Å². The molecular formula is C24H20F2N2O3S2. The van der Waals surface area contributed by atoms with Crippen molar-refractivity contribution >= 4 is 42.4 Å². The van der Waals surface area contributed by atoms with E-state index in [-0.39, 0.29) is 32.4 Å². The number of carbonyl (C=O) groups excluding carboxylic acids is 1. The van der Waals surface area contributed by atoms with E-state index in [2.05, 4.69) is 4.98 Å². The third kappa shape index (κ3) is 4.65. The molecule has 0 saturated carbocycles. The highest BCUT2D eigenvalue weighted by Crippen LogP contribution is 2.33. The first kappa shape index (κ1) is 23.0. The maximum atomic E-state index is 14.2. The summed E-state index contributed by atoms with van der Waals surface area (Å²) in [6.45, 7) is 3.33. The molecule has 0 aliphatic rings. The molecule has 4 aromatic rings. The quantitative estimate of drug-likeness (QED) is 0.356. The zero-order valence-electron chi connectivity index (χ0n) is 17.8. The second-order valence-electron chi connectivity index (χ2n) is 7.73. The fourth-order valence-corrected chi connectivity index (χ4v) is 5.33. The monoisotopic (exact) mass is 486 g/mol. The highest BCUT2D eigenvalue weighted by molar-refractivity contribution is 7.92. The first-order valence-corrected chi connectivity index (χ1v) is 12.5. The summed E-state index contributed by atoms with van der Waals surface area (Å²) in [4.78, 5) is 19.2. The Bertz CT molecular complexity index is 1420. The number of anilines is 1. The third-order valence-electron chi connectivity index (χ3n) is 5.11. The minimum atomic E-state index is -3.48. The van der Waals surface area contributed by atoms with Crippen LogP contribution in [0.4, 0.5) is 13.9 Å². The summed E-state index contributed by atoms with van der Waals surface area (Å²) in [5, 5.41) is -0.381. The van der Waals surface area contributed by atoms with E-state index in [1.165, 1.54) is 35.2 Å². The smallest absolute Gasteiger partial charge is 0.260 e. The number of carbonyl (C=O) groups is 1. The van der Waals surface area contributed by atoms with Gasteiger partial charge in [-0.25, -0.2) is 22.2 Å². The number of hydrogen-bond acceptors (Lipinski definition) is 5. The molecule has 1 amide bonds. The van der Waals surface area contributed by atoms with Crippen LogP contribution in [-0.4, -0.2) is 24.6 Å². The van der Waals surface area contributed by atoms with Crippen molar-refractivity contribution < 1.29 is 22.0 Å². The van der Waals surface area contributed by atoms with Gasteiger partial charge in [0.15, 0.2) is 20.8 Å². The molecular weight excluding hydrogens is 466 g/mol. The predicted molar refractivity (Wildman–Crippen MR) is 125 cm³/mol. The Morgan fingerprint density at radius 2 is 1.70 bits per heavy atom. The average Bonchev–Trinajstić information content (AvgIpc) is 3.22. The summed E-state index contributed by atoms with van der Waals surface area (Å²) >= 11 is 1.01. The van der Waals surface area contributed by atoms with Crippen molar-refractivity contribution in [1.82, 2.24) is 4.98 Å². The van der Waals surface area contributed by atoms with Gasteiger partial charge >= 0.3 is 0 Å². The lowest BCUT2D eigenvalue weighted by molar-refractivity contribution is 0.0985. The van der Waals surface area contributed by atoms with Gasteiger partial charge in [0.05, 0.1) is 21.4 Å². The van der Waals surface area contributed by atoms with Gasteiger partial charge in [-0.05, 0) is 49.7 Å². The van der Waals surface area contributed by atoms with E-state index >= 15 is 0 Å². The van der Waals surface area contributed by atoms with E-state index in [0.29, 0.717) is 0 Å². The number of halogens is 2. The lowest BCUT2D eigenvalue weighted by Gasteiger charge is -2.20. The number of rotatable bonds is 6. The second kappa shape index (κ2) is 8.99. The number of thiazole rings is 1. The van der Waals surface area contributed by atoms with Crippen molar-refractivity contribution in [3.8, 4) is 0 Å². The molecule has 0 aliphatic heterocycles. The van der Waals surface area contributed by atoms with Crippen LogP contribution in [0.25, 0.3) is 10.2 Å². The summed E-state index contributed by atoms with van der Waals surface area (Å²) < 4.78 is 53.0. The van der Waals surface area contributed by atoms with Crippen molar-refractivity contribution in [2.75, 3.05) is 4.90 Å². The van der Waals surface area contributed by atoms with E-state index in [0.717, 1.165) is 23.0 Å². The van der Waals surface area contributed by atoms with Crippen LogP contribution in [0.2, 0.25) is 0 Å². The van der Waals surface area contributed by atoms with Crippen LogP contribution < -0.4 is 4.90 Å². The summed E-state index contributed by atoms with van der Waals surface area (Å²) in [6.07, 6.45) is 0. The molecule has 1 aromatic heterocycles. The normalized spacial score (nSPS) is 11.8. The predicted octanol–water partition coefficient (Wildman–Crippen LogP) is 5.60. The molecule has 4 rings (SSSR count). The maximum absolute atomic E-state index is 14.2. The average molecular weight is 487 g/mol. The largest absolute Gasteiger partial charge is 0.279 e. The topological polar surface area (TPSA) is 67.3 Å². The van der Waals surface area contributed by atoms with Crippen molar-refractivity contribution in [1.29, 1.82) is 0 Å². The van der Waals surface area contributed by atoms with Crippen molar-refractivity contribution in [2.24, 2.45) is 0 Å². The van der Waals surface area contributed by atoms with Crippen LogP contribution in [0, 0.1) is 11.6 Å². The van der Waals surface area contributed by atoms with Gasteiger partial charge in [-0.3, -0.25) is 9.69 Å². The molecule has 0 saturated heterocycles. The molecule has 0 aliphatic carbocycles. The highest BCUT2D eigenvalue weighted by atomic mass is 32.2. The molecule has 0 radical (unpaired) electrons. The van der Waals surface area contributed by atoms with Gasteiger partial charge in [0.2, 0.25) is 0 Å². The summed E-state index contributed by atoms with van der Waals surface area (Å²) in [7, 11) is -3.48. The molecule has 0 N–H and O–H groups in total. The van der Waals surface area contributed by atoms with E-state index in [1.807, 2.05) is 30.3 Å². The summed E-state index contributed by atoms with van der Waals surface area (Å²) in [6, 6.07) is 16.8. The fourth-order valence-electron chi connectivity index (χ4n) is 3.27. The Morgan fingerprint density at radius 3 is 2.33 bits per heavy atom.